The number of nitrogens with one attached hydrogen (secondary N) is 1. The van der Waals surface area contributed by atoms with Gasteiger partial charge in [0.25, 0.3) is 0 Å². The number of fused-ring (bicyclic) bond motifs is 2. The largest absolute Gasteiger partial charge is 0.497 e. The lowest BCUT2D eigenvalue weighted by Gasteiger charge is -2.29. The number of carbonyl (C=O) groups is 2. The van der Waals surface area contributed by atoms with Gasteiger partial charge in [-0.15, -0.1) is 0 Å². The molecule has 1 heterocycles. The minimum atomic E-state index is -1.01. The number of hydrogen-bond donors (Lipinski definition) is 1. The van der Waals surface area contributed by atoms with E-state index in [1.165, 1.54) is 0 Å². The molecule has 152 valence electrons. The predicted octanol–water partition coefficient (Wildman–Crippen LogP) is 4.01. The summed E-state index contributed by atoms with van der Waals surface area (Å²) in [4.78, 5) is 28.7. The molecular formula is C23H26N2O4. The summed E-state index contributed by atoms with van der Waals surface area (Å²) in [6, 6.07) is 14.7. The van der Waals surface area contributed by atoms with Crippen molar-refractivity contribution in [3.63, 3.8) is 0 Å². The van der Waals surface area contributed by atoms with Crippen molar-refractivity contribution in [3.05, 3.63) is 48.5 Å². The molecule has 0 radical (unpaired) electrons. The van der Waals surface area contributed by atoms with Crippen molar-refractivity contribution in [1.82, 2.24) is 0 Å². The Morgan fingerprint density at radius 3 is 2.24 bits per heavy atom. The molecule has 0 spiro atoms. The third kappa shape index (κ3) is 3.43. The van der Waals surface area contributed by atoms with Crippen LogP contribution in [0.2, 0.25) is 0 Å². The minimum absolute atomic E-state index is 0.0417. The highest BCUT2D eigenvalue weighted by Crippen LogP contribution is 2.47. The fourth-order valence-electron chi connectivity index (χ4n) is 4.52. The van der Waals surface area contributed by atoms with E-state index in [4.69, 9.17) is 9.47 Å². The van der Waals surface area contributed by atoms with Crippen LogP contribution in [0.15, 0.2) is 48.5 Å². The van der Waals surface area contributed by atoms with Crippen molar-refractivity contribution >= 4 is 23.2 Å². The maximum atomic E-state index is 13.6. The van der Waals surface area contributed by atoms with Crippen molar-refractivity contribution in [2.24, 2.45) is 5.41 Å². The zero-order valence-electron chi connectivity index (χ0n) is 16.8. The zero-order valence-corrected chi connectivity index (χ0v) is 16.8. The van der Waals surface area contributed by atoms with Crippen LogP contribution in [0.3, 0.4) is 0 Å². The number of carbonyl (C=O) groups excluding carboxylic acids is 2. The second-order valence-electron chi connectivity index (χ2n) is 7.74. The number of benzene rings is 2. The highest BCUT2D eigenvalue weighted by molar-refractivity contribution is 6.17. The monoisotopic (exact) mass is 394 g/mol. The molecule has 2 amide bonds. The van der Waals surface area contributed by atoms with Crippen LogP contribution in [-0.2, 0) is 9.59 Å². The summed E-state index contributed by atoms with van der Waals surface area (Å²) in [5.41, 5.74) is 0.476. The first-order valence-electron chi connectivity index (χ1n) is 10.0. The summed E-state index contributed by atoms with van der Waals surface area (Å²) in [6.07, 6.45) is 3.95. The van der Waals surface area contributed by atoms with E-state index in [0.29, 0.717) is 18.5 Å². The molecule has 2 atom stereocenters. The molecule has 4 rings (SSSR count). The second-order valence-corrected chi connectivity index (χ2v) is 7.74. The number of amides is 2. The minimum Gasteiger partial charge on any atom is -0.497 e. The van der Waals surface area contributed by atoms with Crippen molar-refractivity contribution < 1.29 is 19.1 Å². The molecule has 2 aromatic carbocycles. The van der Waals surface area contributed by atoms with Gasteiger partial charge in [-0.2, -0.15) is 0 Å². The van der Waals surface area contributed by atoms with E-state index in [2.05, 4.69) is 5.32 Å². The molecule has 1 N–H and O–H groups in total. The van der Waals surface area contributed by atoms with Gasteiger partial charge in [0, 0.05) is 17.4 Å². The Balaban J connectivity index is 1.61. The van der Waals surface area contributed by atoms with Crippen LogP contribution in [0.1, 0.15) is 32.1 Å². The van der Waals surface area contributed by atoms with E-state index < -0.39 is 5.41 Å². The van der Waals surface area contributed by atoms with Crippen LogP contribution in [0.5, 0.6) is 11.5 Å². The van der Waals surface area contributed by atoms with Crippen LogP contribution < -0.4 is 19.7 Å². The summed E-state index contributed by atoms with van der Waals surface area (Å²) >= 11 is 0. The molecule has 0 aromatic heterocycles. The first-order valence-corrected chi connectivity index (χ1v) is 10.0. The first-order chi connectivity index (χ1) is 14.1. The maximum Gasteiger partial charge on any atom is 0.243 e. The molecule has 1 aliphatic heterocycles. The smallest absolute Gasteiger partial charge is 0.243 e. The molecular weight excluding hydrogens is 368 g/mol. The zero-order chi connectivity index (χ0) is 20.4. The average molecular weight is 394 g/mol. The predicted molar refractivity (Wildman–Crippen MR) is 111 cm³/mol. The summed E-state index contributed by atoms with van der Waals surface area (Å²) in [5, 5.41) is 2.97. The van der Waals surface area contributed by atoms with Gasteiger partial charge in [-0.1, -0.05) is 12.8 Å². The lowest BCUT2D eigenvalue weighted by atomic mass is 9.80. The van der Waals surface area contributed by atoms with E-state index in [-0.39, 0.29) is 17.9 Å². The molecule has 2 fully saturated rings. The van der Waals surface area contributed by atoms with E-state index in [9.17, 15) is 9.59 Å². The molecule has 6 heteroatoms. The Morgan fingerprint density at radius 1 is 1.00 bits per heavy atom. The Morgan fingerprint density at radius 2 is 1.62 bits per heavy atom. The summed E-state index contributed by atoms with van der Waals surface area (Å²) < 4.78 is 10.4. The molecule has 2 aromatic rings. The Kier molecular flexibility index (Phi) is 5.18. The standard InChI is InChI=1S/C23H26N2O4/c1-28-19-10-6-16(7-11-19)24-21(26)23-14-4-3-5-18(15-23)25(22(23)27)17-8-12-20(29-2)13-9-17/h6-13,18H,3-5,14-15H2,1-2H3,(H,24,26). The second kappa shape index (κ2) is 7.78. The molecule has 2 bridgehead atoms. The third-order valence-electron chi connectivity index (χ3n) is 6.10. The summed E-state index contributed by atoms with van der Waals surface area (Å²) in [7, 11) is 3.22. The average Bonchev–Trinajstić information content (AvgIpc) is 2.89. The number of rotatable bonds is 5. The van der Waals surface area contributed by atoms with E-state index in [1.54, 1.807) is 38.5 Å². The van der Waals surface area contributed by atoms with Gasteiger partial charge in [-0.3, -0.25) is 9.59 Å². The lowest BCUT2D eigenvalue weighted by molar-refractivity contribution is -0.137. The van der Waals surface area contributed by atoms with E-state index >= 15 is 0 Å². The molecule has 29 heavy (non-hydrogen) atoms. The molecule has 2 aliphatic rings. The van der Waals surface area contributed by atoms with Crippen molar-refractivity contribution in [2.45, 2.75) is 38.1 Å². The van der Waals surface area contributed by atoms with Gasteiger partial charge in [-0.05, 0) is 67.8 Å². The Hall–Kier alpha value is -3.02. The molecule has 1 saturated heterocycles. The van der Waals surface area contributed by atoms with Crippen LogP contribution in [0.25, 0.3) is 0 Å². The topological polar surface area (TPSA) is 67.9 Å². The van der Waals surface area contributed by atoms with Crippen molar-refractivity contribution in [1.29, 1.82) is 0 Å². The number of nitrogens with zero attached hydrogens (tertiary/aromatic N) is 1. The molecule has 6 nitrogen and oxygen atoms in total. The van der Waals surface area contributed by atoms with Crippen LogP contribution in [-0.4, -0.2) is 32.1 Å². The van der Waals surface area contributed by atoms with Gasteiger partial charge >= 0.3 is 0 Å². The highest BCUT2D eigenvalue weighted by Gasteiger charge is 2.57. The maximum absolute atomic E-state index is 13.6. The van der Waals surface area contributed by atoms with Gasteiger partial charge in [0.2, 0.25) is 11.8 Å². The van der Waals surface area contributed by atoms with Crippen LogP contribution in [0, 0.1) is 5.41 Å². The molecule has 2 unspecified atom stereocenters. The normalized spacial score (nSPS) is 23.4. The quantitative estimate of drug-likeness (QED) is 0.778. The number of ether oxygens (including phenoxy) is 2. The summed E-state index contributed by atoms with van der Waals surface area (Å²) in [6.45, 7) is 0. The van der Waals surface area contributed by atoms with E-state index in [1.807, 2.05) is 29.2 Å². The number of methoxy groups -OCH3 is 2. The van der Waals surface area contributed by atoms with Gasteiger partial charge in [-0.25, -0.2) is 0 Å². The Bertz CT molecular complexity index is 894. The number of anilines is 2. The molecule has 1 aliphatic carbocycles. The van der Waals surface area contributed by atoms with Crippen molar-refractivity contribution in [3.8, 4) is 11.5 Å². The van der Waals surface area contributed by atoms with Gasteiger partial charge in [0.15, 0.2) is 0 Å². The fourth-order valence-corrected chi connectivity index (χ4v) is 4.52. The fraction of sp³-hybridized carbons (Fsp3) is 0.391. The van der Waals surface area contributed by atoms with Crippen LogP contribution in [0.4, 0.5) is 11.4 Å². The van der Waals surface area contributed by atoms with E-state index in [0.717, 1.165) is 36.4 Å². The SMILES string of the molecule is COc1ccc(NC(=O)C23CCCCC(C2)N(c2ccc(OC)cc2)C3=O)cc1. The first kappa shape index (κ1) is 19.3. The number of hydrogen-bond acceptors (Lipinski definition) is 4. The highest BCUT2D eigenvalue weighted by atomic mass is 16.5. The molecule has 1 saturated carbocycles. The lowest BCUT2D eigenvalue weighted by Crippen LogP contribution is -2.44. The van der Waals surface area contributed by atoms with Gasteiger partial charge < -0.3 is 19.7 Å². The summed E-state index contributed by atoms with van der Waals surface area (Å²) in [5.74, 6) is 1.15. The van der Waals surface area contributed by atoms with Crippen molar-refractivity contribution in [2.75, 3.05) is 24.4 Å². The van der Waals surface area contributed by atoms with Crippen LogP contribution >= 0.6 is 0 Å². The van der Waals surface area contributed by atoms with Gasteiger partial charge in [0.1, 0.15) is 16.9 Å². The Labute approximate surface area is 170 Å². The third-order valence-corrected chi connectivity index (χ3v) is 6.10. The van der Waals surface area contributed by atoms with Gasteiger partial charge in [0.05, 0.1) is 14.2 Å².